The second kappa shape index (κ2) is 7.87. The maximum atomic E-state index is 11.7. The minimum absolute atomic E-state index is 0.360. The Labute approximate surface area is 119 Å². The average molecular weight is 281 g/mol. The van der Waals surface area contributed by atoms with E-state index < -0.39 is 5.97 Å². The minimum Gasteiger partial charge on any atom is -0.494 e. The molecule has 1 rings (SSSR count). The Kier molecular flexibility index (Phi) is 6.48. The molecule has 0 aliphatic carbocycles. The van der Waals surface area contributed by atoms with Crippen molar-refractivity contribution in [1.82, 2.24) is 0 Å². The summed E-state index contributed by atoms with van der Waals surface area (Å²) in [5.74, 6) is 0.0458. The van der Waals surface area contributed by atoms with E-state index in [0.717, 1.165) is 0 Å². The standard InChI is InChI=1S/C15H21O5/c1-5-18-13-8-6-7-12(11-13)14(16)20-19-10-9-15(2,3)17-4/h6-8,10-11H,5,9H2,1-4H3. The largest absolute Gasteiger partial charge is 0.494 e. The van der Waals surface area contributed by atoms with Gasteiger partial charge in [-0.2, -0.15) is 4.89 Å². The summed E-state index contributed by atoms with van der Waals surface area (Å²) in [4.78, 5) is 21.2. The molecule has 0 unspecified atom stereocenters. The number of methoxy groups -OCH3 is 1. The van der Waals surface area contributed by atoms with E-state index >= 15 is 0 Å². The van der Waals surface area contributed by atoms with E-state index in [1.165, 1.54) is 6.61 Å². The molecule has 0 N–H and O–H groups in total. The van der Waals surface area contributed by atoms with Gasteiger partial charge in [-0.3, -0.25) is 4.89 Å². The highest BCUT2D eigenvalue weighted by atomic mass is 17.2. The van der Waals surface area contributed by atoms with Crippen molar-refractivity contribution in [1.29, 1.82) is 0 Å². The summed E-state index contributed by atoms with van der Waals surface area (Å²) < 4.78 is 10.5. The van der Waals surface area contributed by atoms with Gasteiger partial charge in [0.05, 0.1) is 17.8 Å². The highest BCUT2D eigenvalue weighted by Crippen LogP contribution is 2.16. The van der Waals surface area contributed by atoms with Gasteiger partial charge >= 0.3 is 5.97 Å². The van der Waals surface area contributed by atoms with Crippen molar-refractivity contribution in [3.63, 3.8) is 0 Å². The van der Waals surface area contributed by atoms with Gasteiger partial charge in [-0.15, -0.1) is 0 Å². The maximum Gasteiger partial charge on any atom is 0.373 e. The van der Waals surface area contributed by atoms with Crippen LogP contribution >= 0.6 is 0 Å². The van der Waals surface area contributed by atoms with Crippen LogP contribution in [0.5, 0.6) is 5.75 Å². The molecule has 0 aliphatic rings. The molecule has 5 nitrogen and oxygen atoms in total. The molecular weight excluding hydrogens is 260 g/mol. The first kappa shape index (κ1) is 16.5. The van der Waals surface area contributed by atoms with Crippen molar-refractivity contribution in [2.75, 3.05) is 13.7 Å². The van der Waals surface area contributed by atoms with Crippen molar-refractivity contribution in [3.05, 3.63) is 36.4 Å². The molecule has 1 aromatic carbocycles. The monoisotopic (exact) mass is 281 g/mol. The molecule has 1 radical (unpaired) electrons. The van der Waals surface area contributed by atoms with Crippen molar-refractivity contribution >= 4 is 5.97 Å². The summed E-state index contributed by atoms with van der Waals surface area (Å²) in [5.41, 5.74) is 0.0109. The zero-order chi connectivity index (χ0) is 15.0. The van der Waals surface area contributed by atoms with Gasteiger partial charge in [-0.1, -0.05) is 6.07 Å². The molecular formula is C15H21O5. The van der Waals surface area contributed by atoms with Gasteiger partial charge in [-0.25, -0.2) is 4.79 Å². The zero-order valence-electron chi connectivity index (χ0n) is 12.3. The molecule has 0 bridgehead atoms. The topological polar surface area (TPSA) is 54.0 Å². The van der Waals surface area contributed by atoms with Crippen molar-refractivity contribution in [3.8, 4) is 5.75 Å². The number of hydrogen-bond acceptors (Lipinski definition) is 5. The lowest BCUT2D eigenvalue weighted by Gasteiger charge is -2.21. The fraction of sp³-hybridized carbons (Fsp3) is 0.467. The summed E-state index contributed by atoms with van der Waals surface area (Å²) in [6, 6.07) is 6.73. The van der Waals surface area contributed by atoms with Crippen LogP contribution in [0.15, 0.2) is 24.3 Å². The van der Waals surface area contributed by atoms with Crippen LogP contribution < -0.4 is 4.74 Å². The van der Waals surface area contributed by atoms with E-state index in [9.17, 15) is 4.79 Å². The molecule has 0 heterocycles. The van der Waals surface area contributed by atoms with Gasteiger partial charge in [0.1, 0.15) is 12.4 Å². The second-order valence-corrected chi connectivity index (χ2v) is 4.76. The highest BCUT2D eigenvalue weighted by molar-refractivity contribution is 5.89. The minimum atomic E-state index is -0.571. The van der Waals surface area contributed by atoms with Crippen LogP contribution in [0.25, 0.3) is 0 Å². The van der Waals surface area contributed by atoms with E-state index in [2.05, 4.69) is 0 Å². The molecule has 20 heavy (non-hydrogen) atoms. The number of rotatable bonds is 8. The summed E-state index contributed by atoms with van der Waals surface area (Å²) in [5, 5.41) is 0. The van der Waals surface area contributed by atoms with Crippen molar-refractivity contribution < 1.29 is 24.0 Å². The normalized spacial score (nSPS) is 11.2. The van der Waals surface area contributed by atoms with Crippen LogP contribution in [-0.4, -0.2) is 25.3 Å². The van der Waals surface area contributed by atoms with Gasteiger partial charge in [0.15, 0.2) is 0 Å². The average Bonchev–Trinajstić information content (AvgIpc) is 2.44. The molecule has 0 fully saturated rings. The third-order valence-electron chi connectivity index (χ3n) is 2.70. The van der Waals surface area contributed by atoms with Crippen LogP contribution in [-0.2, 0) is 14.5 Å². The van der Waals surface area contributed by atoms with Gasteiger partial charge < -0.3 is 9.47 Å². The predicted molar refractivity (Wildman–Crippen MR) is 74.1 cm³/mol. The Morgan fingerprint density at radius 2 is 2.10 bits per heavy atom. The Morgan fingerprint density at radius 1 is 1.35 bits per heavy atom. The SMILES string of the molecule is CCOc1cccc(C(=O)OO[CH]CC(C)(C)OC)c1. The summed E-state index contributed by atoms with van der Waals surface area (Å²) in [6.45, 7) is 7.61. The van der Waals surface area contributed by atoms with Crippen LogP contribution in [0.4, 0.5) is 0 Å². The Balaban J connectivity index is 2.41. The lowest BCUT2D eigenvalue weighted by molar-refractivity contribution is -0.218. The summed E-state index contributed by atoms with van der Waals surface area (Å²) in [7, 11) is 1.61. The Bertz CT molecular complexity index is 428. The van der Waals surface area contributed by atoms with E-state index in [1.54, 1.807) is 31.4 Å². The van der Waals surface area contributed by atoms with Gasteiger partial charge in [0.25, 0.3) is 0 Å². The number of carbonyl (C=O) groups is 1. The third kappa shape index (κ3) is 5.59. The molecule has 0 spiro atoms. The van der Waals surface area contributed by atoms with E-state index in [4.69, 9.17) is 19.2 Å². The third-order valence-corrected chi connectivity index (χ3v) is 2.70. The molecule has 1 aromatic rings. The first-order valence-electron chi connectivity index (χ1n) is 6.46. The van der Waals surface area contributed by atoms with Gasteiger partial charge in [-0.05, 0) is 39.0 Å². The summed E-state index contributed by atoms with van der Waals surface area (Å²) in [6.07, 6.45) is 0.496. The quantitative estimate of drug-likeness (QED) is 0.416. The zero-order valence-corrected chi connectivity index (χ0v) is 12.3. The number of ether oxygens (including phenoxy) is 2. The molecule has 0 amide bonds. The smallest absolute Gasteiger partial charge is 0.373 e. The van der Waals surface area contributed by atoms with Crippen LogP contribution in [0, 0.1) is 6.61 Å². The molecule has 111 valence electrons. The Hall–Kier alpha value is -1.59. The van der Waals surface area contributed by atoms with E-state index in [0.29, 0.717) is 24.3 Å². The fourth-order valence-corrected chi connectivity index (χ4v) is 1.32. The summed E-state index contributed by atoms with van der Waals surface area (Å²) >= 11 is 0. The first-order chi connectivity index (χ1) is 9.48. The first-order valence-corrected chi connectivity index (χ1v) is 6.46. The lowest BCUT2D eigenvalue weighted by Crippen LogP contribution is -2.22. The van der Waals surface area contributed by atoms with Crippen LogP contribution in [0.3, 0.4) is 0 Å². The number of benzene rings is 1. The second-order valence-electron chi connectivity index (χ2n) is 4.76. The number of carbonyl (C=O) groups excluding carboxylic acids is 1. The molecule has 5 heteroatoms. The van der Waals surface area contributed by atoms with Gasteiger partial charge in [0.2, 0.25) is 0 Å². The number of hydrogen-bond donors (Lipinski definition) is 0. The van der Waals surface area contributed by atoms with Crippen molar-refractivity contribution in [2.45, 2.75) is 32.8 Å². The molecule has 0 aliphatic heterocycles. The molecule has 0 aromatic heterocycles. The van der Waals surface area contributed by atoms with E-state index in [1.807, 2.05) is 20.8 Å². The lowest BCUT2D eigenvalue weighted by atomic mass is 10.1. The molecule has 0 saturated carbocycles. The van der Waals surface area contributed by atoms with Crippen LogP contribution in [0.1, 0.15) is 37.6 Å². The van der Waals surface area contributed by atoms with Crippen molar-refractivity contribution in [2.24, 2.45) is 0 Å². The predicted octanol–water partition coefficient (Wildman–Crippen LogP) is 3.15. The Morgan fingerprint density at radius 3 is 2.75 bits per heavy atom. The van der Waals surface area contributed by atoms with Gasteiger partial charge in [0, 0.05) is 13.5 Å². The molecule has 0 atom stereocenters. The van der Waals surface area contributed by atoms with E-state index in [-0.39, 0.29) is 5.60 Å². The molecule has 0 saturated heterocycles. The highest BCUT2D eigenvalue weighted by Gasteiger charge is 2.17. The van der Waals surface area contributed by atoms with Crippen LogP contribution in [0.2, 0.25) is 0 Å². The fourth-order valence-electron chi connectivity index (χ4n) is 1.32. The maximum absolute atomic E-state index is 11.7.